The molecule has 0 unspecified atom stereocenters. The quantitative estimate of drug-likeness (QED) is 0.759. The van der Waals surface area contributed by atoms with Crippen molar-refractivity contribution < 1.29 is 18.3 Å². The smallest absolute Gasteiger partial charge is 0.305 e. The Balaban J connectivity index is 2.36. The summed E-state index contributed by atoms with van der Waals surface area (Å²) >= 11 is 0. The average Bonchev–Trinajstić information content (AvgIpc) is 2.95. The summed E-state index contributed by atoms with van der Waals surface area (Å²) in [4.78, 5) is 10.8. The lowest BCUT2D eigenvalue weighted by Crippen LogP contribution is -2.43. The molecule has 8 heteroatoms. The zero-order valence-electron chi connectivity index (χ0n) is 11.6. The number of nitrogen functional groups attached to an aromatic ring is 1. The molecule has 1 aliphatic rings. The van der Waals surface area contributed by atoms with Gasteiger partial charge >= 0.3 is 16.2 Å². The van der Waals surface area contributed by atoms with Crippen LogP contribution in [0.3, 0.4) is 0 Å². The lowest BCUT2D eigenvalue weighted by atomic mass is 10.2. The standard InChI is InChI=1S/C13H19N3O4S/c14-11-5-1-2-6-12(11)16(10-7-13(17)18)21(19,20)15-8-3-4-9-15/h1-2,5-6H,3-4,7-10,14H2,(H,17,18). The Hall–Kier alpha value is -1.80. The van der Waals surface area contributed by atoms with Gasteiger partial charge in [-0.15, -0.1) is 0 Å². The minimum absolute atomic E-state index is 0.137. The van der Waals surface area contributed by atoms with Crippen LogP contribution in [0.5, 0.6) is 0 Å². The topological polar surface area (TPSA) is 104 Å². The first-order valence-corrected chi connectivity index (χ1v) is 8.17. The number of nitrogens with two attached hydrogens (primary N) is 1. The molecule has 1 aliphatic heterocycles. The van der Waals surface area contributed by atoms with Crippen molar-refractivity contribution in [1.29, 1.82) is 0 Å². The van der Waals surface area contributed by atoms with Gasteiger partial charge in [0.05, 0.1) is 17.8 Å². The van der Waals surface area contributed by atoms with E-state index in [0.717, 1.165) is 17.1 Å². The Morgan fingerprint density at radius 1 is 1.29 bits per heavy atom. The van der Waals surface area contributed by atoms with Gasteiger partial charge in [-0.05, 0) is 25.0 Å². The zero-order chi connectivity index (χ0) is 15.5. The Morgan fingerprint density at radius 2 is 1.90 bits per heavy atom. The fourth-order valence-corrected chi connectivity index (χ4v) is 4.07. The molecule has 7 nitrogen and oxygen atoms in total. The van der Waals surface area contributed by atoms with Gasteiger partial charge in [0.2, 0.25) is 0 Å². The molecule has 0 saturated carbocycles. The summed E-state index contributed by atoms with van der Waals surface area (Å²) in [7, 11) is -3.75. The maximum atomic E-state index is 12.7. The van der Waals surface area contributed by atoms with Crippen molar-refractivity contribution in [2.75, 3.05) is 29.7 Å². The predicted molar refractivity (Wildman–Crippen MR) is 80.2 cm³/mol. The van der Waals surface area contributed by atoms with Gasteiger partial charge in [0.25, 0.3) is 0 Å². The van der Waals surface area contributed by atoms with E-state index in [1.807, 2.05) is 0 Å². The van der Waals surface area contributed by atoms with Crippen LogP contribution in [0.1, 0.15) is 19.3 Å². The number of hydrogen-bond donors (Lipinski definition) is 2. The number of carboxylic acids is 1. The molecule has 1 saturated heterocycles. The van der Waals surface area contributed by atoms with E-state index in [9.17, 15) is 13.2 Å². The normalized spacial score (nSPS) is 16.0. The average molecular weight is 313 g/mol. The Morgan fingerprint density at radius 3 is 2.48 bits per heavy atom. The molecule has 3 N–H and O–H groups in total. The number of hydrogen-bond acceptors (Lipinski definition) is 4. The Kier molecular flexibility index (Phi) is 4.69. The van der Waals surface area contributed by atoms with E-state index in [1.54, 1.807) is 24.3 Å². The third-order valence-corrected chi connectivity index (χ3v) is 5.36. The highest BCUT2D eigenvalue weighted by Gasteiger charge is 2.32. The molecule has 0 amide bonds. The highest BCUT2D eigenvalue weighted by atomic mass is 32.2. The number of benzene rings is 1. The highest BCUT2D eigenvalue weighted by Crippen LogP contribution is 2.28. The van der Waals surface area contributed by atoms with Crippen LogP contribution in [-0.4, -0.2) is 43.4 Å². The van der Waals surface area contributed by atoms with Crippen LogP contribution in [0, 0.1) is 0 Å². The molecular formula is C13H19N3O4S. The third-order valence-electron chi connectivity index (χ3n) is 3.40. The van der Waals surface area contributed by atoms with Gasteiger partial charge in [0.1, 0.15) is 0 Å². The molecule has 0 radical (unpaired) electrons. The van der Waals surface area contributed by atoms with E-state index < -0.39 is 16.2 Å². The van der Waals surface area contributed by atoms with Crippen LogP contribution in [-0.2, 0) is 15.0 Å². The minimum atomic E-state index is -3.75. The largest absolute Gasteiger partial charge is 0.481 e. The molecule has 1 fully saturated rings. The molecule has 0 spiro atoms. The van der Waals surface area contributed by atoms with Crippen LogP contribution in [0.2, 0.25) is 0 Å². The molecule has 0 atom stereocenters. The van der Waals surface area contributed by atoms with Crippen LogP contribution in [0.15, 0.2) is 24.3 Å². The van der Waals surface area contributed by atoms with Gasteiger partial charge in [-0.3, -0.25) is 9.10 Å². The fraction of sp³-hybridized carbons (Fsp3) is 0.462. The van der Waals surface area contributed by atoms with E-state index in [-0.39, 0.29) is 13.0 Å². The Bertz CT molecular complexity index is 612. The van der Waals surface area contributed by atoms with Crippen molar-refractivity contribution in [2.24, 2.45) is 0 Å². The summed E-state index contributed by atoms with van der Waals surface area (Å²) in [6, 6.07) is 6.57. The zero-order valence-corrected chi connectivity index (χ0v) is 12.4. The number of aliphatic carboxylic acids is 1. The van der Waals surface area contributed by atoms with Crippen LogP contribution >= 0.6 is 0 Å². The predicted octanol–water partition coefficient (Wildman–Crippen LogP) is 0.891. The van der Waals surface area contributed by atoms with Gasteiger partial charge in [0, 0.05) is 19.6 Å². The number of rotatable bonds is 6. The fourth-order valence-electron chi connectivity index (χ4n) is 2.33. The molecule has 116 valence electrons. The van der Waals surface area contributed by atoms with Crippen LogP contribution in [0.4, 0.5) is 11.4 Å². The minimum Gasteiger partial charge on any atom is -0.481 e. The van der Waals surface area contributed by atoms with Crippen molar-refractivity contribution in [2.45, 2.75) is 19.3 Å². The maximum absolute atomic E-state index is 12.7. The van der Waals surface area contributed by atoms with Gasteiger partial charge < -0.3 is 10.8 Å². The van der Waals surface area contributed by atoms with E-state index in [0.29, 0.717) is 24.5 Å². The van der Waals surface area contributed by atoms with E-state index in [2.05, 4.69) is 0 Å². The first-order valence-electron chi connectivity index (χ1n) is 6.77. The molecule has 0 bridgehead atoms. The van der Waals surface area contributed by atoms with E-state index in [4.69, 9.17) is 10.8 Å². The molecule has 0 aromatic heterocycles. The molecule has 21 heavy (non-hydrogen) atoms. The SMILES string of the molecule is Nc1ccccc1N(CCC(=O)O)S(=O)(=O)N1CCCC1. The molecular weight excluding hydrogens is 294 g/mol. The van der Waals surface area contributed by atoms with Gasteiger partial charge in [-0.1, -0.05) is 12.1 Å². The van der Waals surface area contributed by atoms with E-state index in [1.165, 1.54) is 4.31 Å². The molecule has 1 aromatic carbocycles. The summed E-state index contributed by atoms with van der Waals surface area (Å²) in [5.74, 6) is -1.05. The second kappa shape index (κ2) is 6.31. The van der Waals surface area contributed by atoms with Gasteiger partial charge in [0.15, 0.2) is 0 Å². The Labute approximate surface area is 124 Å². The van der Waals surface area contributed by atoms with Crippen molar-refractivity contribution in [1.82, 2.24) is 4.31 Å². The molecule has 1 aromatic rings. The highest BCUT2D eigenvalue weighted by molar-refractivity contribution is 7.90. The lowest BCUT2D eigenvalue weighted by Gasteiger charge is -2.29. The van der Waals surface area contributed by atoms with Crippen LogP contribution in [0.25, 0.3) is 0 Å². The first-order chi connectivity index (χ1) is 9.93. The summed E-state index contributed by atoms with van der Waals surface area (Å²) in [6.45, 7) is 0.777. The van der Waals surface area contributed by atoms with Crippen LogP contribution < -0.4 is 10.0 Å². The summed E-state index contributed by atoms with van der Waals surface area (Å²) < 4.78 is 27.9. The lowest BCUT2D eigenvalue weighted by molar-refractivity contribution is -0.136. The van der Waals surface area contributed by atoms with E-state index >= 15 is 0 Å². The number of nitrogens with zero attached hydrogens (tertiary/aromatic N) is 2. The van der Waals surface area contributed by atoms with Crippen molar-refractivity contribution in [3.8, 4) is 0 Å². The van der Waals surface area contributed by atoms with Crippen molar-refractivity contribution in [3.63, 3.8) is 0 Å². The number of para-hydroxylation sites is 2. The maximum Gasteiger partial charge on any atom is 0.305 e. The summed E-state index contributed by atoms with van der Waals surface area (Å²) in [5, 5.41) is 8.84. The van der Waals surface area contributed by atoms with Crippen molar-refractivity contribution in [3.05, 3.63) is 24.3 Å². The second-order valence-corrected chi connectivity index (χ2v) is 6.74. The number of carboxylic acid groups (broad SMARTS) is 1. The van der Waals surface area contributed by atoms with Gasteiger partial charge in [-0.25, -0.2) is 0 Å². The first kappa shape index (κ1) is 15.6. The third kappa shape index (κ3) is 3.45. The monoisotopic (exact) mass is 313 g/mol. The van der Waals surface area contributed by atoms with Gasteiger partial charge in [-0.2, -0.15) is 12.7 Å². The molecule has 1 heterocycles. The summed E-state index contributed by atoms with van der Waals surface area (Å²) in [6.07, 6.45) is 1.36. The number of anilines is 2. The number of carbonyl (C=O) groups is 1. The van der Waals surface area contributed by atoms with Crippen molar-refractivity contribution >= 4 is 27.6 Å². The molecule has 0 aliphatic carbocycles. The molecule has 2 rings (SSSR count). The second-order valence-electron chi connectivity index (χ2n) is 4.89. The summed E-state index contributed by atoms with van der Waals surface area (Å²) in [5.41, 5.74) is 6.49.